The van der Waals surface area contributed by atoms with Crippen LogP contribution in [0.5, 0.6) is 0 Å². The molecule has 0 atom stereocenters. The summed E-state index contributed by atoms with van der Waals surface area (Å²) >= 11 is 0. The summed E-state index contributed by atoms with van der Waals surface area (Å²) in [5.74, 6) is 1.04. The Labute approximate surface area is 154 Å². The van der Waals surface area contributed by atoms with Crippen LogP contribution in [-0.2, 0) is 13.0 Å². The smallest absolute Gasteiger partial charge is 0.140 e. The van der Waals surface area contributed by atoms with Crippen LogP contribution in [0.25, 0.3) is 11.4 Å². The van der Waals surface area contributed by atoms with E-state index in [1.165, 1.54) is 16.8 Å². The minimum Gasteiger partial charge on any atom is -0.324 e. The van der Waals surface area contributed by atoms with Gasteiger partial charge in [0.15, 0.2) is 0 Å². The molecular weight excluding hydrogens is 316 g/mol. The minimum absolute atomic E-state index is 0.832. The molecular formula is C24H22N2. The maximum Gasteiger partial charge on any atom is 0.140 e. The van der Waals surface area contributed by atoms with E-state index in [2.05, 4.69) is 96.4 Å². The number of hydrogen-bond donors (Lipinski definition) is 0. The van der Waals surface area contributed by atoms with E-state index >= 15 is 0 Å². The van der Waals surface area contributed by atoms with Gasteiger partial charge >= 0.3 is 0 Å². The highest BCUT2D eigenvalue weighted by atomic mass is 15.1. The fraction of sp³-hybridized carbons (Fsp3) is 0.125. The number of rotatable bonds is 5. The Hall–Kier alpha value is -3.13. The molecule has 1 heterocycles. The van der Waals surface area contributed by atoms with E-state index in [1.807, 2.05) is 6.07 Å². The molecule has 0 saturated carbocycles. The number of benzene rings is 3. The van der Waals surface area contributed by atoms with E-state index in [4.69, 9.17) is 4.98 Å². The second kappa shape index (κ2) is 7.40. The Bertz CT molecular complexity index is 971. The molecule has 2 heteroatoms. The average molecular weight is 338 g/mol. The van der Waals surface area contributed by atoms with E-state index < -0.39 is 0 Å². The van der Waals surface area contributed by atoms with Gasteiger partial charge in [-0.2, -0.15) is 0 Å². The lowest BCUT2D eigenvalue weighted by molar-refractivity contribution is 0.776. The van der Waals surface area contributed by atoms with E-state index in [-0.39, 0.29) is 0 Å². The van der Waals surface area contributed by atoms with Crippen LogP contribution in [0, 0.1) is 6.92 Å². The first kappa shape index (κ1) is 16.3. The molecule has 1 aromatic heterocycles. The zero-order valence-corrected chi connectivity index (χ0v) is 15.0. The van der Waals surface area contributed by atoms with Crippen molar-refractivity contribution in [2.75, 3.05) is 0 Å². The van der Waals surface area contributed by atoms with Gasteiger partial charge in [-0.25, -0.2) is 4.98 Å². The predicted molar refractivity (Wildman–Crippen MR) is 107 cm³/mol. The summed E-state index contributed by atoms with van der Waals surface area (Å²) in [6, 6.07) is 31.6. The quantitative estimate of drug-likeness (QED) is 0.470. The highest BCUT2D eigenvalue weighted by Gasteiger charge is 2.15. The second-order valence-corrected chi connectivity index (χ2v) is 6.57. The number of nitrogens with zero attached hydrogens (tertiary/aromatic N) is 2. The van der Waals surface area contributed by atoms with Crippen LogP contribution in [-0.4, -0.2) is 9.55 Å². The largest absolute Gasteiger partial charge is 0.324 e. The summed E-state index contributed by atoms with van der Waals surface area (Å²) in [5.41, 5.74) is 6.12. The fourth-order valence-corrected chi connectivity index (χ4v) is 3.31. The van der Waals surface area contributed by atoms with Crippen LogP contribution >= 0.6 is 0 Å². The monoisotopic (exact) mass is 338 g/mol. The number of imidazole rings is 1. The van der Waals surface area contributed by atoms with Crippen LogP contribution in [0.4, 0.5) is 0 Å². The topological polar surface area (TPSA) is 17.8 Å². The van der Waals surface area contributed by atoms with Crippen molar-refractivity contribution in [1.29, 1.82) is 0 Å². The fourth-order valence-electron chi connectivity index (χ4n) is 3.31. The summed E-state index contributed by atoms with van der Waals surface area (Å²) in [6.07, 6.45) is 0.855. The summed E-state index contributed by atoms with van der Waals surface area (Å²) in [6.45, 7) is 3.01. The second-order valence-electron chi connectivity index (χ2n) is 6.57. The zero-order valence-electron chi connectivity index (χ0n) is 15.0. The molecule has 0 unspecified atom stereocenters. The van der Waals surface area contributed by atoms with Gasteiger partial charge in [-0.1, -0.05) is 91.0 Å². The molecule has 0 radical (unpaired) electrons. The molecule has 0 bridgehead atoms. The van der Waals surface area contributed by atoms with Crippen molar-refractivity contribution in [2.24, 2.45) is 0 Å². The molecule has 0 saturated heterocycles. The highest BCUT2D eigenvalue weighted by Crippen LogP contribution is 2.25. The summed E-state index contributed by atoms with van der Waals surface area (Å²) in [5, 5.41) is 0. The van der Waals surface area contributed by atoms with E-state index in [1.54, 1.807) is 0 Å². The Morgan fingerprint density at radius 3 is 1.85 bits per heavy atom. The third-order valence-electron chi connectivity index (χ3n) is 4.75. The van der Waals surface area contributed by atoms with Crippen LogP contribution in [0.2, 0.25) is 0 Å². The third kappa shape index (κ3) is 3.45. The van der Waals surface area contributed by atoms with Gasteiger partial charge < -0.3 is 4.57 Å². The molecule has 0 N–H and O–H groups in total. The molecule has 0 aliphatic heterocycles. The molecule has 128 valence electrons. The Kier molecular flexibility index (Phi) is 4.65. The van der Waals surface area contributed by atoms with Crippen molar-refractivity contribution in [3.63, 3.8) is 0 Å². The lowest BCUT2D eigenvalue weighted by Crippen LogP contribution is -2.04. The lowest BCUT2D eigenvalue weighted by Gasteiger charge is -2.11. The maximum atomic E-state index is 5.03. The standard InChI is InChI=1S/C24H22N2/c1-19-23(17-20-11-5-2-6-12-20)25-24(22-15-9-4-10-16-22)26(19)18-21-13-7-3-8-14-21/h2-16H,17-18H2,1H3. The first-order valence-electron chi connectivity index (χ1n) is 9.00. The summed E-state index contributed by atoms with van der Waals surface area (Å²) in [4.78, 5) is 5.03. The van der Waals surface area contributed by atoms with Crippen molar-refractivity contribution < 1.29 is 0 Å². The van der Waals surface area contributed by atoms with Crippen molar-refractivity contribution in [3.8, 4) is 11.4 Å². The molecule has 3 aromatic carbocycles. The molecule has 0 aliphatic carbocycles. The van der Waals surface area contributed by atoms with Crippen molar-refractivity contribution in [2.45, 2.75) is 19.9 Å². The number of aromatic nitrogens is 2. The van der Waals surface area contributed by atoms with Gasteiger partial charge in [-0.05, 0) is 18.1 Å². The van der Waals surface area contributed by atoms with Gasteiger partial charge in [0.05, 0.1) is 5.69 Å². The molecule has 4 rings (SSSR count). The van der Waals surface area contributed by atoms with Crippen molar-refractivity contribution in [1.82, 2.24) is 9.55 Å². The number of hydrogen-bond acceptors (Lipinski definition) is 1. The van der Waals surface area contributed by atoms with Gasteiger partial charge in [0.25, 0.3) is 0 Å². The van der Waals surface area contributed by atoms with E-state index in [0.29, 0.717) is 0 Å². The van der Waals surface area contributed by atoms with Crippen LogP contribution in [0.3, 0.4) is 0 Å². The molecule has 4 aromatic rings. The van der Waals surface area contributed by atoms with Gasteiger partial charge in [0, 0.05) is 24.2 Å². The lowest BCUT2D eigenvalue weighted by atomic mass is 10.1. The maximum absolute atomic E-state index is 5.03. The molecule has 0 amide bonds. The summed E-state index contributed by atoms with van der Waals surface area (Å²) < 4.78 is 2.34. The van der Waals surface area contributed by atoms with Crippen LogP contribution in [0.1, 0.15) is 22.5 Å². The average Bonchev–Trinajstić information content (AvgIpc) is 3.00. The Balaban J connectivity index is 1.77. The van der Waals surface area contributed by atoms with Gasteiger partial charge in [0.2, 0.25) is 0 Å². The molecule has 0 spiro atoms. The Morgan fingerprint density at radius 1 is 0.692 bits per heavy atom. The van der Waals surface area contributed by atoms with Gasteiger partial charge in [-0.15, -0.1) is 0 Å². The van der Waals surface area contributed by atoms with Crippen LogP contribution < -0.4 is 0 Å². The highest BCUT2D eigenvalue weighted by molar-refractivity contribution is 5.57. The molecule has 0 fully saturated rings. The van der Waals surface area contributed by atoms with Gasteiger partial charge in [-0.3, -0.25) is 0 Å². The van der Waals surface area contributed by atoms with Gasteiger partial charge in [0.1, 0.15) is 5.82 Å². The summed E-state index contributed by atoms with van der Waals surface area (Å²) in [7, 11) is 0. The first-order chi connectivity index (χ1) is 12.8. The third-order valence-corrected chi connectivity index (χ3v) is 4.75. The zero-order chi connectivity index (χ0) is 17.8. The van der Waals surface area contributed by atoms with Crippen molar-refractivity contribution in [3.05, 3.63) is 114 Å². The molecule has 0 aliphatic rings. The molecule has 2 nitrogen and oxygen atoms in total. The van der Waals surface area contributed by atoms with Crippen molar-refractivity contribution >= 4 is 0 Å². The minimum atomic E-state index is 0.832. The SMILES string of the molecule is Cc1c(Cc2ccccc2)nc(-c2ccccc2)n1Cc1ccccc1. The van der Waals surface area contributed by atoms with Crippen LogP contribution in [0.15, 0.2) is 91.0 Å². The first-order valence-corrected chi connectivity index (χ1v) is 9.00. The Morgan fingerprint density at radius 2 is 1.23 bits per heavy atom. The predicted octanol–water partition coefficient (Wildman–Crippen LogP) is 5.50. The molecule has 26 heavy (non-hydrogen) atoms. The normalized spacial score (nSPS) is 10.8. The van der Waals surface area contributed by atoms with E-state index in [9.17, 15) is 0 Å². The van der Waals surface area contributed by atoms with E-state index in [0.717, 1.165) is 30.0 Å².